The highest BCUT2D eigenvalue weighted by Gasteiger charge is 2.34. The van der Waals surface area contributed by atoms with Gasteiger partial charge < -0.3 is 15.0 Å². The summed E-state index contributed by atoms with van der Waals surface area (Å²) in [4.78, 5) is 41.6. The zero-order chi connectivity index (χ0) is 18.1. The van der Waals surface area contributed by atoms with E-state index in [9.17, 15) is 14.4 Å². The molecule has 3 amide bonds. The van der Waals surface area contributed by atoms with Crippen molar-refractivity contribution < 1.29 is 19.1 Å². The first-order chi connectivity index (χ1) is 12.6. The van der Waals surface area contributed by atoms with Crippen molar-refractivity contribution in [1.82, 2.24) is 15.1 Å². The van der Waals surface area contributed by atoms with E-state index in [2.05, 4.69) is 5.32 Å². The van der Waals surface area contributed by atoms with Crippen LogP contribution >= 0.6 is 11.3 Å². The SMILES string of the molecule is O=C(NC1CCC1)c1ccc(C2CCCN2C(=O)CN2CCOC2=O)s1. The van der Waals surface area contributed by atoms with E-state index in [-0.39, 0.29) is 24.4 Å². The van der Waals surface area contributed by atoms with Crippen LogP contribution < -0.4 is 5.32 Å². The van der Waals surface area contributed by atoms with Crippen LogP contribution in [0, 0.1) is 0 Å². The molecule has 1 aliphatic carbocycles. The normalized spacial score (nSPS) is 23.1. The molecular weight excluding hydrogens is 354 g/mol. The van der Waals surface area contributed by atoms with Gasteiger partial charge in [-0.3, -0.25) is 14.5 Å². The average Bonchev–Trinajstić information content (AvgIpc) is 3.31. The summed E-state index contributed by atoms with van der Waals surface area (Å²) in [6.07, 6.45) is 4.72. The highest BCUT2D eigenvalue weighted by atomic mass is 32.1. The molecule has 0 aromatic carbocycles. The minimum absolute atomic E-state index is 0.00336. The molecule has 0 spiro atoms. The molecule has 1 unspecified atom stereocenters. The second-order valence-electron chi connectivity index (χ2n) is 7.08. The van der Waals surface area contributed by atoms with Gasteiger partial charge in [-0.2, -0.15) is 0 Å². The number of hydrogen-bond donors (Lipinski definition) is 1. The Morgan fingerprint density at radius 3 is 2.73 bits per heavy atom. The van der Waals surface area contributed by atoms with Crippen LogP contribution in [0.3, 0.4) is 0 Å². The summed E-state index contributed by atoms with van der Waals surface area (Å²) < 4.78 is 4.89. The first kappa shape index (κ1) is 17.3. The van der Waals surface area contributed by atoms with E-state index in [0.29, 0.717) is 30.6 Å². The Labute approximate surface area is 156 Å². The average molecular weight is 377 g/mol. The van der Waals surface area contributed by atoms with Crippen LogP contribution in [0.1, 0.15) is 52.7 Å². The molecule has 3 fully saturated rings. The van der Waals surface area contributed by atoms with E-state index in [1.54, 1.807) is 0 Å². The molecule has 0 bridgehead atoms. The number of rotatable bonds is 5. The first-order valence-electron chi connectivity index (χ1n) is 9.23. The van der Waals surface area contributed by atoms with Gasteiger partial charge in [-0.1, -0.05) is 0 Å². The number of nitrogens with one attached hydrogen (secondary N) is 1. The Hall–Kier alpha value is -2.09. The van der Waals surface area contributed by atoms with Gasteiger partial charge in [0.2, 0.25) is 5.91 Å². The van der Waals surface area contributed by atoms with E-state index >= 15 is 0 Å². The summed E-state index contributed by atoms with van der Waals surface area (Å²) in [6, 6.07) is 4.13. The van der Waals surface area contributed by atoms with Gasteiger partial charge in [0.05, 0.1) is 17.5 Å². The maximum atomic E-state index is 12.7. The van der Waals surface area contributed by atoms with E-state index in [1.807, 2.05) is 17.0 Å². The van der Waals surface area contributed by atoms with E-state index < -0.39 is 6.09 Å². The molecule has 7 nitrogen and oxygen atoms in total. The van der Waals surface area contributed by atoms with E-state index in [0.717, 1.165) is 30.6 Å². The fourth-order valence-corrected chi connectivity index (χ4v) is 4.71. The second-order valence-corrected chi connectivity index (χ2v) is 8.20. The third-order valence-corrected chi connectivity index (χ3v) is 6.55. The summed E-state index contributed by atoms with van der Waals surface area (Å²) in [5, 5.41) is 3.06. The molecule has 1 N–H and O–H groups in total. The van der Waals surface area contributed by atoms with Gasteiger partial charge in [-0.05, 0) is 44.2 Å². The molecule has 0 radical (unpaired) electrons. The maximum absolute atomic E-state index is 12.7. The maximum Gasteiger partial charge on any atom is 0.410 e. The third kappa shape index (κ3) is 3.42. The largest absolute Gasteiger partial charge is 0.448 e. The van der Waals surface area contributed by atoms with Crippen LogP contribution in [0.5, 0.6) is 0 Å². The van der Waals surface area contributed by atoms with Gasteiger partial charge in [0, 0.05) is 17.5 Å². The lowest BCUT2D eigenvalue weighted by molar-refractivity contribution is -0.132. The van der Waals surface area contributed by atoms with Crippen molar-refractivity contribution >= 4 is 29.2 Å². The van der Waals surface area contributed by atoms with Crippen LogP contribution in [-0.4, -0.2) is 60.0 Å². The third-order valence-electron chi connectivity index (χ3n) is 5.36. The molecule has 1 atom stereocenters. The van der Waals surface area contributed by atoms with Crippen LogP contribution in [0.2, 0.25) is 0 Å². The Bertz CT molecular complexity index is 715. The number of nitrogens with zero attached hydrogens (tertiary/aromatic N) is 2. The van der Waals surface area contributed by atoms with Crippen molar-refractivity contribution in [2.75, 3.05) is 26.2 Å². The predicted octanol–water partition coefficient (Wildman–Crippen LogP) is 2.15. The van der Waals surface area contributed by atoms with Gasteiger partial charge in [0.1, 0.15) is 13.2 Å². The van der Waals surface area contributed by atoms with E-state index in [1.165, 1.54) is 22.7 Å². The van der Waals surface area contributed by atoms with Crippen molar-refractivity contribution in [3.63, 3.8) is 0 Å². The molecule has 1 saturated carbocycles. The lowest BCUT2D eigenvalue weighted by atomic mass is 9.93. The molecule has 3 aliphatic rings. The van der Waals surface area contributed by atoms with Crippen molar-refractivity contribution in [2.24, 2.45) is 0 Å². The zero-order valence-electron chi connectivity index (χ0n) is 14.6. The Kier molecular flexibility index (Phi) is 4.84. The number of carbonyl (C=O) groups is 3. The molecule has 1 aromatic rings. The summed E-state index contributed by atoms with van der Waals surface area (Å²) >= 11 is 1.47. The second kappa shape index (κ2) is 7.26. The van der Waals surface area contributed by atoms with Crippen LogP contribution in [-0.2, 0) is 9.53 Å². The molecule has 4 rings (SSSR count). The Morgan fingerprint density at radius 2 is 2.04 bits per heavy atom. The molecule has 26 heavy (non-hydrogen) atoms. The smallest absolute Gasteiger partial charge is 0.410 e. The number of amides is 3. The van der Waals surface area contributed by atoms with Crippen molar-refractivity contribution in [3.8, 4) is 0 Å². The number of ether oxygens (including phenoxy) is 1. The molecular formula is C18H23N3O4S. The topological polar surface area (TPSA) is 79.0 Å². The first-order valence-corrected chi connectivity index (χ1v) is 10.1. The fraction of sp³-hybridized carbons (Fsp3) is 0.611. The standard InChI is InChI=1S/C18H23N3O4S/c22-16(11-20-9-10-25-18(20)24)21-8-2-5-13(21)14-6-7-15(26-14)17(23)19-12-3-1-4-12/h6-7,12-13H,1-5,8-11H2,(H,19,23). The van der Waals surface area contributed by atoms with E-state index in [4.69, 9.17) is 4.74 Å². The lowest BCUT2D eigenvalue weighted by Gasteiger charge is -2.26. The number of cyclic esters (lactones) is 1. The summed E-state index contributed by atoms with van der Waals surface area (Å²) in [5.41, 5.74) is 0. The number of hydrogen-bond acceptors (Lipinski definition) is 5. The van der Waals surface area contributed by atoms with Gasteiger partial charge in [-0.25, -0.2) is 4.79 Å². The van der Waals surface area contributed by atoms with Crippen molar-refractivity contribution in [1.29, 1.82) is 0 Å². The molecule has 1 aromatic heterocycles. The number of carbonyl (C=O) groups excluding carboxylic acids is 3. The minimum atomic E-state index is -0.417. The highest BCUT2D eigenvalue weighted by Crippen LogP contribution is 2.36. The molecule has 140 valence electrons. The summed E-state index contributed by atoms with van der Waals surface area (Å²) in [7, 11) is 0. The van der Waals surface area contributed by atoms with Crippen LogP contribution in [0.4, 0.5) is 4.79 Å². The Morgan fingerprint density at radius 1 is 1.19 bits per heavy atom. The lowest BCUT2D eigenvalue weighted by Crippen LogP contribution is -2.40. The molecule has 8 heteroatoms. The highest BCUT2D eigenvalue weighted by molar-refractivity contribution is 7.14. The minimum Gasteiger partial charge on any atom is -0.448 e. The predicted molar refractivity (Wildman–Crippen MR) is 96.0 cm³/mol. The molecule has 3 heterocycles. The van der Waals surface area contributed by atoms with Gasteiger partial charge in [-0.15, -0.1) is 11.3 Å². The molecule has 2 saturated heterocycles. The van der Waals surface area contributed by atoms with Crippen LogP contribution in [0.25, 0.3) is 0 Å². The number of thiophene rings is 1. The number of likely N-dealkylation sites (tertiary alicyclic amines) is 1. The van der Waals surface area contributed by atoms with Gasteiger partial charge in [0.15, 0.2) is 0 Å². The van der Waals surface area contributed by atoms with Crippen LogP contribution in [0.15, 0.2) is 12.1 Å². The quantitative estimate of drug-likeness (QED) is 0.853. The summed E-state index contributed by atoms with van der Waals surface area (Å²) in [6.45, 7) is 1.57. The van der Waals surface area contributed by atoms with Crippen molar-refractivity contribution in [3.05, 3.63) is 21.9 Å². The van der Waals surface area contributed by atoms with Gasteiger partial charge in [0.25, 0.3) is 5.91 Å². The van der Waals surface area contributed by atoms with Gasteiger partial charge >= 0.3 is 6.09 Å². The fourth-order valence-electron chi connectivity index (χ4n) is 3.65. The Balaban J connectivity index is 1.40. The van der Waals surface area contributed by atoms with Crippen molar-refractivity contribution in [2.45, 2.75) is 44.2 Å². The monoisotopic (exact) mass is 377 g/mol. The summed E-state index contributed by atoms with van der Waals surface area (Å²) in [5.74, 6) is -0.0677. The zero-order valence-corrected chi connectivity index (χ0v) is 15.4. The molecule has 2 aliphatic heterocycles.